The molecule has 6 nitrogen and oxygen atoms in total. The molecule has 0 spiro atoms. The normalized spacial score (nSPS) is 14.9. The van der Waals surface area contributed by atoms with Crippen molar-refractivity contribution < 1.29 is 28.5 Å². The minimum Gasteiger partial charge on any atom is -0.493 e. The predicted molar refractivity (Wildman–Crippen MR) is 126 cm³/mol. The van der Waals surface area contributed by atoms with E-state index in [1.807, 2.05) is 18.2 Å². The Morgan fingerprint density at radius 3 is 2.71 bits per heavy atom. The minimum absolute atomic E-state index is 0.208. The molecule has 0 radical (unpaired) electrons. The number of pyridine rings is 1. The third-order valence-electron chi connectivity index (χ3n) is 6.53. The summed E-state index contributed by atoms with van der Waals surface area (Å²) in [7, 11) is 0. The molecule has 0 bridgehead atoms. The van der Waals surface area contributed by atoms with Crippen LogP contribution in [0.5, 0.6) is 5.75 Å². The van der Waals surface area contributed by atoms with E-state index in [-0.39, 0.29) is 12.1 Å². The summed E-state index contributed by atoms with van der Waals surface area (Å²) < 4.78 is 34.7. The number of benzene rings is 2. The Morgan fingerprint density at radius 2 is 1.97 bits per heavy atom. The number of halogens is 2. The fraction of sp³-hybridized carbons (Fsp3) is 0.259. The second-order valence-electron chi connectivity index (χ2n) is 9.03. The van der Waals surface area contributed by atoms with E-state index >= 15 is 0 Å². The number of carbonyl (C=O) groups is 1. The molecule has 3 heterocycles. The van der Waals surface area contributed by atoms with Gasteiger partial charge >= 0.3 is 5.97 Å². The molecule has 0 fully saturated rings. The number of fused-ring (bicyclic) bond motifs is 2. The van der Waals surface area contributed by atoms with Crippen molar-refractivity contribution >= 4 is 17.0 Å². The molecule has 1 aliphatic heterocycles. The highest BCUT2D eigenvalue weighted by Crippen LogP contribution is 2.41. The zero-order valence-electron chi connectivity index (χ0n) is 19.3. The first kappa shape index (κ1) is 23.0. The van der Waals surface area contributed by atoms with Gasteiger partial charge in [-0.05, 0) is 73.7 Å². The average Bonchev–Trinajstić information content (AvgIpc) is 3.22. The lowest BCUT2D eigenvalue weighted by Gasteiger charge is -2.25. The second-order valence-corrected chi connectivity index (χ2v) is 9.03. The van der Waals surface area contributed by atoms with Gasteiger partial charge in [-0.3, -0.25) is 0 Å². The fourth-order valence-corrected chi connectivity index (χ4v) is 4.79. The van der Waals surface area contributed by atoms with Crippen LogP contribution in [0, 0.1) is 18.6 Å². The molecule has 2 aromatic heterocycles. The first-order chi connectivity index (χ1) is 16.7. The monoisotopic (exact) mass is 478 g/mol. The number of hydrogen-bond donors (Lipinski definition) is 2. The van der Waals surface area contributed by atoms with Crippen LogP contribution in [0.2, 0.25) is 0 Å². The van der Waals surface area contributed by atoms with Crippen LogP contribution < -0.4 is 4.74 Å². The molecule has 180 valence electrons. The van der Waals surface area contributed by atoms with Gasteiger partial charge in [-0.1, -0.05) is 12.1 Å². The van der Waals surface area contributed by atoms with Crippen LogP contribution >= 0.6 is 0 Å². The lowest BCUT2D eigenvalue weighted by molar-refractivity contribution is -0.157. The van der Waals surface area contributed by atoms with Gasteiger partial charge in [-0.25, -0.2) is 18.6 Å². The zero-order valence-corrected chi connectivity index (χ0v) is 19.3. The van der Waals surface area contributed by atoms with Gasteiger partial charge in [0.05, 0.1) is 6.61 Å². The number of aliphatic carboxylic acids is 1. The van der Waals surface area contributed by atoms with Crippen molar-refractivity contribution in [2.24, 2.45) is 0 Å². The van der Waals surface area contributed by atoms with E-state index in [1.54, 1.807) is 23.8 Å². The van der Waals surface area contributed by atoms with Crippen molar-refractivity contribution in [1.82, 2.24) is 9.55 Å². The maximum Gasteiger partial charge on any atom is 0.340 e. The summed E-state index contributed by atoms with van der Waals surface area (Å²) in [6, 6.07) is 11.2. The number of aryl methyl sites for hydroxylation is 2. The van der Waals surface area contributed by atoms with E-state index in [0.717, 1.165) is 41.9 Å². The van der Waals surface area contributed by atoms with Gasteiger partial charge in [0.25, 0.3) is 0 Å². The molecule has 4 aromatic rings. The summed E-state index contributed by atoms with van der Waals surface area (Å²) in [5.74, 6) is -2.44. The highest BCUT2D eigenvalue weighted by Gasteiger charge is 2.38. The summed E-state index contributed by atoms with van der Waals surface area (Å²) in [5, 5.41) is 21.5. The molecule has 8 heteroatoms. The van der Waals surface area contributed by atoms with Crippen molar-refractivity contribution in [3.05, 3.63) is 82.7 Å². The zero-order chi connectivity index (χ0) is 24.9. The maximum absolute atomic E-state index is 13.8. The molecule has 35 heavy (non-hydrogen) atoms. The number of carboxylic acid groups (broad SMARTS) is 1. The van der Waals surface area contributed by atoms with Gasteiger partial charge in [-0.2, -0.15) is 0 Å². The van der Waals surface area contributed by atoms with Gasteiger partial charge < -0.3 is 19.5 Å². The molecular weight excluding hydrogens is 454 g/mol. The standard InChI is InChI=1S/C27H24F2N2O4/c1-15-24(27(2,34)26(32)33)23(18-6-8-22-17(13-18)4-3-11-35-22)19-9-10-31(25(19)30-15)14-16-5-7-20(28)21(29)12-16/h5-10,12-13,34H,3-4,11,14H2,1-2H3,(H,32,33). The molecule has 1 atom stereocenters. The first-order valence-electron chi connectivity index (χ1n) is 11.3. The number of ether oxygens (including phenoxy) is 1. The van der Waals surface area contributed by atoms with E-state index < -0.39 is 23.2 Å². The Labute approximate surface area is 200 Å². The second kappa shape index (κ2) is 8.46. The third-order valence-corrected chi connectivity index (χ3v) is 6.53. The summed E-state index contributed by atoms with van der Waals surface area (Å²) in [6.07, 6.45) is 3.48. The van der Waals surface area contributed by atoms with E-state index in [9.17, 15) is 23.8 Å². The van der Waals surface area contributed by atoms with E-state index in [1.165, 1.54) is 13.0 Å². The van der Waals surface area contributed by atoms with Crippen molar-refractivity contribution in [3.8, 4) is 16.9 Å². The highest BCUT2D eigenvalue weighted by atomic mass is 19.2. The van der Waals surface area contributed by atoms with E-state index in [0.29, 0.717) is 34.5 Å². The average molecular weight is 478 g/mol. The summed E-state index contributed by atoms with van der Waals surface area (Å²) in [4.78, 5) is 16.7. The summed E-state index contributed by atoms with van der Waals surface area (Å²) in [5.41, 5.74) is 1.80. The number of hydrogen-bond acceptors (Lipinski definition) is 4. The number of rotatable bonds is 5. The Bertz CT molecular complexity index is 1480. The molecule has 1 unspecified atom stereocenters. The van der Waals surface area contributed by atoms with Gasteiger partial charge in [0, 0.05) is 34.9 Å². The Hall–Kier alpha value is -3.78. The van der Waals surface area contributed by atoms with Crippen LogP contribution in [0.1, 0.15) is 35.7 Å². The first-order valence-corrected chi connectivity index (χ1v) is 11.3. The molecule has 0 aliphatic carbocycles. The van der Waals surface area contributed by atoms with Crippen LogP contribution in [0.25, 0.3) is 22.2 Å². The van der Waals surface area contributed by atoms with Gasteiger partial charge in [0.15, 0.2) is 17.2 Å². The Balaban J connectivity index is 1.74. The quantitative estimate of drug-likeness (QED) is 0.424. The molecule has 0 saturated carbocycles. The van der Waals surface area contributed by atoms with Crippen molar-refractivity contribution in [2.45, 2.75) is 38.8 Å². The van der Waals surface area contributed by atoms with Crippen molar-refractivity contribution in [3.63, 3.8) is 0 Å². The van der Waals surface area contributed by atoms with Crippen LogP contribution in [0.15, 0.2) is 48.7 Å². The van der Waals surface area contributed by atoms with Crippen LogP contribution in [0.3, 0.4) is 0 Å². The molecule has 5 rings (SSSR count). The SMILES string of the molecule is Cc1nc2c(ccn2Cc2ccc(F)c(F)c2)c(-c2ccc3c(c2)CCCO3)c1C(C)(O)C(=O)O. The smallest absolute Gasteiger partial charge is 0.340 e. The number of aromatic nitrogens is 2. The lowest BCUT2D eigenvalue weighted by Crippen LogP contribution is -2.33. The van der Waals surface area contributed by atoms with Gasteiger partial charge in [0.2, 0.25) is 0 Å². The maximum atomic E-state index is 13.8. The molecule has 2 N–H and O–H groups in total. The predicted octanol–water partition coefficient (Wildman–Crippen LogP) is 4.96. The van der Waals surface area contributed by atoms with E-state index in [2.05, 4.69) is 4.98 Å². The Morgan fingerprint density at radius 1 is 1.17 bits per heavy atom. The molecule has 2 aromatic carbocycles. The molecule has 1 aliphatic rings. The highest BCUT2D eigenvalue weighted by molar-refractivity contribution is 5.98. The minimum atomic E-state index is -2.19. The Kier molecular flexibility index (Phi) is 5.56. The van der Waals surface area contributed by atoms with Crippen molar-refractivity contribution in [2.75, 3.05) is 6.61 Å². The molecule has 0 amide bonds. The fourth-order valence-electron chi connectivity index (χ4n) is 4.79. The van der Waals surface area contributed by atoms with Crippen LogP contribution in [-0.4, -0.2) is 32.3 Å². The largest absolute Gasteiger partial charge is 0.493 e. The van der Waals surface area contributed by atoms with Crippen LogP contribution in [0.4, 0.5) is 8.78 Å². The third kappa shape index (κ3) is 3.93. The number of nitrogens with zero attached hydrogens (tertiary/aromatic N) is 2. The number of carboxylic acids is 1. The number of aliphatic hydroxyl groups is 1. The van der Waals surface area contributed by atoms with Gasteiger partial charge in [-0.15, -0.1) is 0 Å². The van der Waals surface area contributed by atoms with Crippen LogP contribution in [-0.2, 0) is 23.4 Å². The summed E-state index contributed by atoms with van der Waals surface area (Å²) in [6.45, 7) is 3.79. The van der Waals surface area contributed by atoms with Gasteiger partial charge in [0.1, 0.15) is 11.4 Å². The lowest BCUT2D eigenvalue weighted by atomic mass is 9.85. The molecule has 0 saturated heterocycles. The van der Waals surface area contributed by atoms with E-state index in [4.69, 9.17) is 4.74 Å². The topological polar surface area (TPSA) is 84.6 Å². The molecular formula is C27H24F2N2O4. The van der Waals surface area contributed by atoms with Crippen molar-refractivity contribution in [1.29, 1.82) is 0 Å². The summed E-state index contributed by atoms with van der Waals surface area (Å²) >= 11 is 0.